The van der Waals surface area contributed by atoms with Crippen LogP contribution in [0.2, 0.25) is 0 Å². The van der Waals surface area contributed by atoms with Crippen LogP contribution in [-0.4, -0.2) is 0 Å². The molecule has 2 heterocycles. The second kappa shape index (κ2) is 4.37. The van der Waals surface area contributed by atoms with Crippen LogP contribution in [0, 0.1) is 20.8 Å². The highest BCUT2D eigenvalue weighted by Crippen LogP contribution is 2.35. The van der Waals surface area contributed by atoms with Gasteiger partial charge in [0.05, 0.1) is 0 Å². The van der Waals surface area contributed by atoms with E-state index >= 15 is 0 Å². The highest BCUT2D eigenvalue weighted by atomic mass is 127. The van der Waals surface area contributed by atoms with Gasteiger partial charge < -0.3 is 8.83 Å². The van der Waals surface area contributed by atoms with Crippen LogP contribution in [0.25, 0.3) is 21.9 Å². The molecule has 1 aromatic carbocycles. The molecule has 0 radical (unpaired) electrons. The summed E-state index contributed by atoms with van der Waals surface area (Å²) in [6.07, 6.45) is 0. The van der Waals surface area contributed by atoms with Crippen molar-refractivity contribution in [2.45, 2.75) is 25.2 Å². The van der Waals surface area contributed by atoms with Crippen molar-refractivity contribution in [3.8, 4) is 0 Å². The Bertz CT molecular complexity index is 855. The van der Waals surface area contributed by atoms with E-state index in [4.69, 9.17) is 8.83 Å². The monoisotopic (exact) mass is 368 g/mol. The summed E-state index contributed by atoms with van der Waals surface area (Å²) in [5.41, 5.74) is 4.19. The number of aryl methyl sites for hydroxylation is 3. The van der Waals surface area contributed by atoms with Gasteiger partial charge in [-0.15, -0.1) is 0 Å². The summed E-state index contributed by atoms with van der Waals surface area (Å²) in [5, 5.41) is 2.10. The van der Waals surface area contributed by atoms with Gasteiger partial charge in [0.1, 0.15) is 16.9 Å². The Morgan fingerprint density at radius 3 is 2.42 bits per heavy atom. The molecule has 0 aliphatic rings. The average molecular weight is 368 g/mol. The minimum atomic E-state index is -0.315. The minimum Gasteiger partial charge on any atom is -0.461 e. The lowest BCUT2D eigenvalue weighted by Crippen LogP contribution is -1.99. The highest BCUT2D eigenvalue weighted by molar-refractivity contribution is 14.1. The van der Waals surface area contributed by atoms with Gasteiger partial charge in [0.15, 0.2) is 0 Å². The van der Waals surface area contributed by atoms with Crippen LogP contribution in [-0.2, 0) is 4.43 Å². The van der Waals surface area contributed by atoms with Crippen LogP contribution >= 0.6 is 22.6 Å². The van der Waals surface area contributed by atoms with Gasteiger partial charge in [0, 0.05) is 32.4 Å². The zero-order valence-corrected chi connectivity index (χ0v) is 13.1. The molecule has 0 fully saturated rings. The van der Waals surface area contributed by atoms with E-state index < -0.39 is 0 Å². The van der Waals surface area contributed by atoms with E-state index in [0.717, 1.165) is 37.7 Å². The van der Waals surface area contributed by atoms with E-state index in [1.807, 2.05) is 20.8 Å². The van der Waals surface area contributed by atoms with Crippen LogP contribution in [0.1, 0.15) is 22.5 Å². The molecule has 0 saturated carbocycles. The average Bonchev–Trinajstić information content (AvgIpc) is 2.67. The molecule has 0 spiro atoms. The lowest BCUT2D eigenvalue weighted by Gasteiger charge is -2.04. The largest absolute Gasteiger partial charge is 0.461 e. The van der Waals surface area contributed by atoms with Crippen molar-refractivity contribution in [1.29, 1.82) is 0 Å². The zero-order chi connectivity index (χ0) is 13.7. The molecule has 98 valence electrons. The van der Waals surface area contributed by atoms with Gasteiger partial charge in [-0.25, -0.2) is 4.79 Å². The highest BCUT2D eigenvalue weighted by Gasteiger charge is 2.16. The van der Waals surface area contributed by atoms with Crippen LogP contribution in [0.4, 0.5) is 0 Å². The molecule has 3 rings (SSSR count). The normalized spacial score (nSPS) is 11.6. The van der Waals surface area contributed by atoms with E-state index in [-0.39, 0.29) is 5.63 Å². The summed E-state index contributed by atoms with van der Waals surface area (Å²) in [7, 11) is 0. The summed E-state index contributed by atoms with van der Waals surface area (Å²) >= 11 is 2.34. The third kappa shape index (κ3) is 1.81. The Kier molecular flexibility index (Phi) is 2.92. The van der Waals surface area contributed by atoms with Crippen molar-refractivity contribution in [2.24, 2.45) is 0 Å². The van der Waals surface area contributed by atoms with Crippen molar-refractivity contribution in [3.63, 3.8) is 0 Å². The van der Waals surface area contributed by atoms with E-state index in [1.54, 1.807) is 0 Å². The van der Waals surface area contributed by atoms with Crippen molar-refractivity contribution in [2.75, 3.05) is 0 Å². The number of halogens is 1. The zero-order valence-electron chi connectivity index (χ0n) is 11.0. The quantitative estimate of drug-likeness (QED) is 0.363. The van der Waals surface area contributed by atoms with Gasteiger partial charge >= 0.3 is 5.63 Å². The number of fused-ring (bicyclic) bond motifs is 2. The van der Waals surface area contributed by atoms with Gasteiger partial charge in [-0.05, 0) is 32.4 Å². The fourth-order valence-corrected chi connectivity index (χ4v) is 3.47. The molecule has 19 heavy (non-hydrogen) atoms. The molecule has 0 amide bonds. The molecule has 3 aromatic rings. The number of hydrogen-bond donors (Lipinski definition) is 0. The van der Waals surface area contributed by atoms with Crippen molar-refractivity contribution >= 4 is 44.5 Å². The maximum atomic E-state index is 11.5. The summed E-state index contributed by atoms with van der Waals surface area (Å²) in [6.45, 7) is 5.84. The molecule has 0 atom stereocenters. The summed E-state index contributed by atoms with van der Waals surface area (Å²) in [5.74, 6) is 0.933. The predicted molar refractivity (Wildman–Crippen MR) is 84.2 cm³/mol. The van der Waals surface area contributed by atoms with Crippen molar-refractivity contribution in [3.05, 3.63) is 45.0 Å². The number of rotatable bonds is 1. The Morgan fingerprint density at radius 1 is 1.05 bits per heavy atom. The molecule has 0 N–H and O–H groups in total. The number of alkyl halides is 1. The number of hydrogen-bond acceptors (Lipinski definition) is 3. The Labute approximate surface area is 123 Å². The molecule has 0 bridgehead atoms. The van der Waals surface area contributed by atoms with Gasteiger partial charge in [-0.2, -0.15) is 0 Å². The van der Waals surface area contributed by atoms with E-state index in [1.165, 1.54) is 11.6 Å². The SMILES string of the molecule is Cc1oc2c(C)c3oc(=O)cc(C)c3cc2c1CI. The first-order chi connectivity index (χ1) is 9.02. The second-order valence-corrected chi connectivity index (χ2v) is 5.54. The summed E-state index contributed by atoms with van der Waals surface area (Å²) in [6, 6.07) is 3.60. The molecule has 0 aliphatic heterocycles. The molecule has 3 nitrogen and oxygen atoms in total. The summed E-state index contributed by atoms with van der Waals surface area (Å²) < 4.78 is 12.1. The van der Waals surface area contributed by atoms with Crippen molar-refractivity contribution < 1.29 is 8.83 Å². The summed E-state index contributed by atoms with van der Waals surface area (Å²) in [4.78, 5) is 11.5. The van der Waals surface area contributed by atoms with Gasteiger partial charge in [0.2, 0.25) is 0 Å². The fourth-order valence-electron chi connectivity index (χ4n) is 2.52. The number of furan rings is 1. The second-order valence-electron chi connectivity index (χ2n) is 4.77. The van der Waals surface area contributed by atoms with Crippen LogP contribution < -0.4 is 5.63 Å². The number of benzene rings is 1. The molecule has 0 unspecified atom stereocenters. The molecule has 2 aromatic heterocycles. The lowest BCUT2D eigenvalue weighted by atomic mass is 10.0. The first-order valence-electron chi connectivity index (χ1n) is 6.05. The first kappa shape index (κ1) is 12.7. The van der Waals surface area contributed by atoms with Gasteiger partial charge in [-0.1, -0.05) is 22.6 Å². The maximum Gasteiger partial charge on any atom is 0.336 e. The Balaban J connectivity index is 2.60. The minimum absolute atomic E-state index is 0.315. The third-order valence-corrected chi connectivity index (χ3v) is 4.32. The van der Waals surface area contributed by atoms with Crippen molar-refractivity contribution in [1.82, 2.24) is 0 Å². The van der Waals surface area contributed by atoms with Crippen LogP contribution in [0.15, 0.2) is 25.8 Å². The van der Waals surface area contributed by atoms with Gasteiger partial charge in [0.25, 0.3) is 0 Å². The third-order valence-electron chi connectivity index (χ3n) is 3.56. The smallest absolute Gasteiger partial charge is 0.336 e. The first-order valence-corrected chi connectivity index (χ1v) is 7.57. The fraction of sp³-hybridized carbons (Fsp3) is 0.267. The molecule has 0 aliphatic carbocycles. The standard InChI is InChI=1S/C15H13IO3/c1-7-4-13(17)19-14-8(2)15-11(5-10(7)14)12(6-16)9(3)18-15/h4-5H,6H2,1-3H3. The Morgan fingerprint density at radius 2 is 1.74 bits per heavy atom. The van der Waals surface area contributed by atoms with E-state index in [2.05, 4.69) is 28.7 Å². The maximum absolute atomic E-state index is 11.5. The van der Waals surface area contributed by atoms with E-state index in [0.29, 0.717) is 5.58 Å². The molecular formula is C15H13IO3. The molecular weight excluding hydrogens is 355 g/mol. The molecule has 4 heteroatoms. The van der Waals surface area contributed by atoms with Gasteiger partial charge in [-0.3, -0.25) is 0 Å². The van der Waals surface area contributed by atoms with E-state index in [9.17, 15) is 4.79 Å². The lowest BCUT2D eigenvalue weighted by molar-refractivity contribution is 0.551. The topological polar surface area (TPSA) is 43.4 Å². The van der Waals surface area contributed by atoms with Crippen LogP contribution in [0.3, 0.4) is 0 Å². The predicted octanol–water partition coefficient (Wildman–Crippen LogP) is 4.40. The van der Waals surface area contributed by atoms with Crippen LogP contribution in [0.5, 0.6) is 0 Å². The molecule has 0 saturated heterocycles. The Hall–Kier alpha value is -1.30.